The topological polar surface area (TPSA) is 54.0 Å². The Hall–Kier alpha value is -2.43. The van der Waals surface area contributed by atoms with E-state index in [4.69, 9.17) is 25.1 Å². The maximum atomic E-state index is 13.1. The first kappa shape index (κ1) is 27.2. The van der Waals surface area contributed by atoms with E-state index in [0.717, 1.165) is 5.56 Å². The van der Waals surface area contributed by atoms with Crippen molar-refractivity contribution in [3.63, 3.8) is 0 Å². The van der Waals surface area contributed by atoms with E-state index in [9.17, 15) is 4.79 Å². The highest BCUT2D eigenvalue weighted by Crippen LogP contribution is 2.43. The molecule has 0 aliphatic carbocycles. The molecular weight excluding hydrogens is 456 g/mol. The number of ether oxygens (including phenoxy) is 3. The molecule has 2 aromatic rings. The molecular formula is C29H38O5Si. The minimum atomic E-state index is -2.22. The summed E-state index contributed by atoms with van der Waals surface area (Å²) in [7, 11) is -2.22. The fourth-order valence-corrected chi connectivity index (χ4v) is 10.8. The Morgan fingerprint density at radius 2 is 1.46 bits per heavy atom. The monoisotopic (exact) mass is 494 g/mol. The molecule has 1 heterocycles. The van der Waals surface area contributed by atoms with E-state index in [0.29, 0.717) is 22.2 Å². The van der Waals surface area contributed by atoms with E-state index in [1.54, 1.807) is 24.3 Å². The van der Waals surface area contributed by atoms with Gasteiger partial charge in [0.05, 0.1) is 12.2 Å². The molecule has 6 heteroatoms. The van der Waals surface area contributed by atoms with Gasteiger partial charge in [0.2, 0.25) is 8.32 Å². The van der Waals surface area contributed by atoms with Gasteiger partial charge in [-0.1, -0.05) is 96.0 Å². The molecule has 0 radical (unpaired) electrons. The average molecular weight is 495 g/mol. The van der Waals surface area contributed by atoms with Crippen LogP contribution < -0.4 is 0 Å². The Morgan fingerprint density at radius 1 is 0.914 bits per heavy atom. The van der Waals surface area contributed by atoms with Gasteiger partial charge in [-0.05, 0) is 28.8 Å². The second-order valence-electron chi connectivity index (χ2n) is 10.0. The van der Waals surface area contributed by atoms with Crippen LogP contribution in [0.25, 0.3) is 0 Å². The fourth-order valence-electron chi connectivity index (χ4n) is 5.34. The van der Waals surface area contributed by atoms with E-state index in [-0.39, 0.29) is 6.61 Å². The highest BCUT2D eigenvalue weighted by atomic mass is 28.4. The molecule has 4 atom stereocenters. The SMILES string of the molecule is C#CC1OC(c2ccccc2)O[C@@H]1[C@@H](CO[Si](C(C)C)(C(C)C)C(C)C)OC(=O)c1ccccc1. The molecule has 188 valence electrons. The number of benzene rings is 2. The van der Waals surface area contributed by atoms with E-state index in [1.165, 1.54) is 0 Å². The molecule has 35 heavy (non-hydrogen) atoms. The number of rotatable bonds is 10. The van der Waals surface area contributed by atoms with Crippen LogP contribution in [0.15, 0.2) is 60.7 Å². The fraction of sp³-hybridized carbons (Fsp3) is 0.483. The summed E-state index contributed by atoms with van der Waals surface area (Å²) in [5.41, 5.74) is 2.48. The maximum Gasteiger partial charge on any atom is 0.338 e. The number of carbonyl (C=O) groups is 1. The van der Waals surface area contributed by atoms with Crippen molar-refractivity contribution in [3.05, 3.63) is 71.8 Å². The largest absolute Gasteiger partial charge is 0.453 e. The van der Waals surface area contributed by atoms with Gasteiger partial charge in [-0.3, -0.25) is 0 Å². The normalized spacial score (nSPS) is 21.3. The van der Waals surface area contributed by atoms with Gasteiger partial charge in [0, 0.05) is 5.56 Å². The number of hydrogen-bond acceptors (Lipinski definition) is 5. The molecule has 1 aliphatic heterocycles. The third-order valence-electron chi connectivity index (χ3n) is 6.92. The van der Waals surface area contributed by atoms with Crippen LogP contribution in [0.5, 0.6) is 0 Å². The van der Waals surface area contributed by atoms with E-state index >= 15 is 0 Å². The lowest BCUT2D eigenvalue weighted by atomic mass is 10.1. The summed E-state index contributed by atoms with van der Waals surface area (Å²) in [6.45, 7) is 13.5. The molecule has 1 fully saturated rings. The number of esters is 1. The van der Waals surface area contributed by atoms with Gasteiger partial charge in [0.1, 0.15) is 6.10 Å². The average Bonchev–Trinajstić information content (AvgIpc) is 3.28. The van der Waals surface area contributed by atoms with Crippen LogP contribution in [-0.2, 0) is 18.6 Å². The first-order valence-electron chi connectivity index (χ1n) is 12.4. The third kappa shape index (κ3) is 6.04. The Balaban J connectivity index is 1.90. The zero-order valence-electron chi connectivity index (χ0n) is 21.6. The maximum absolute atomic E-state index is 13.1. The molecule has 1 aliphatic rings. The summed E-state index contributed by atoms with van der Waals surface area (Å²) in [5.74, 6) is 2.25. The standard InChI is InChI=1S/C29H38O5Si/c1-8-25-27(34-29(33-25)24-17-13-10-14-18-24)26(32-28(30)23-15-11-9-12-16-23)19-31-35(20(2)3,21(4)5)22(6)7/h1,9-18,20-22,25-27,29H,19H2,2-7H3/t25?,26-,27+,29?/m1/s1. The van der Waals surface area contributed by atoms with Gasteiger partial charge >= 0.3 is 5.97 Å². The molecule has 0 aromatic heterocycles. The minimum Gasteiger partial charge on any atom is -0.453 e. The predicted molar refractivity (Wildman–Crippen MR) is 140 cm³/mol. The van der Waals surface area contributed by atoms with Crippen LogP contribution in [0.3, 0.4) is 0 Å². The molecule has 3 rings (SSSR count). The summed E-state index contributed by atoms with van der Waals surface area (Å²) in [5, 5.41) is 0. The number of carbonyl (C=O) groups excluding carboxylic acids is 1. The molecule has 1 saturated heterocycles. The molecule has 0 amide bonds. The van der Waals surface area contributed by atoms with Crippen molar-refractivity contribution in [1.82, 2.24) is 0 Å². The molecule has 0 N–H and O–H groups in total. The van der Waals surface area contributed by atoms with Gasteiger partial charge in [0.15, 0.2) is 18.5 Å². The van der Waals surface area contributed by atoms with Crippen molar-refractivity contribution < 1.29 is 23.4 Å². The lowest BCUT2D eigenvalue weighted by molar-refractivity contribution is -0.0941. The number of hydrogen-bond donors (Lipinski definition) is 0. The molecule has 0 saturated carbocycles. The molecule has 0 spiro atoms. The van der Waals surface area contributed by atoms with Crippen molar-refractivity contribution in [2.75, 3.05) is 6.61 Å². The third-order valence-corrected chi connectivity index (χ3v) is 13.0. The summed E-state index contributed by atoms with van der Waals surface area (Å²) in [4.78, 5) is 13.1. The Bertz CT molecular complexity index is 961. The summed E-state index contributed by atoms with van der Waals surface area (Å²) >= 11 is 0. The van der Waals surface area contributed by atoms with Crippen molar-refractivity contribution in [1.29, 1.82) is 0 Å². The molecule has 0 bridgehead atoms. The van der Waals surface area contributed by atoms with E-state index in [1.807, 2.05) is 36.4 Å². The van der Waals surface area contributed by atoms with Crippen molar-refractivity contribution in [3.8, 4) is 12.3 Å². The minimum absolute atomic E-state index is 0.201. The van der Waals surface area contributed by atoms with E-state index < -0.39 is 38.9 Å². The van der Waals surface area contributed by atoms with Gasteiger partial charge < -0.3 is 18.6 Å². The van der Waals surface area contributed by atoms with Crippen LogP contribution in [0.1, 0.15) is 63.8 Å². The predicted octanol–water partition coefficient (Wildman–Crippen LogP) is 6.52. The van der Waals surface area contributed by atoms with Crippen LogP contribution in [0, 0.1) is 12.3 Å². The van der Waals surface area contributed by atoms with Gasteiger partial charge in [-0.15, -0.1) is 6.42 Å². The van der Waals surface area contributed by atoms with Crippen LogP contribution in [0.2, 0.25) is 16.6 Å². The van der Waals surface area contributed by atoms with Crippen LogP contribution in [-0.4, -0.2) is 39.2 Å². The highest BCUT2D eigenvalue weighted by Gasteiger charge is 2.48. The lowest BCUT2D eigenvalue weighted by Crippen LogP contribution is -2.51. The quantitative estimate of drug-likeness (QED) is 0.214. The van der Waals surface area contributed by atoms with Crippen molar-refractivity contribution >= 4 is 14.3 Å². The molecule has 2 aromatic carbocycles. The molecule has 5 nitrogen and oxygen atoms in total. The number of terminal acetylenes is 1. The summed E-state index contributed by atoms with van der Waals surface area (Å²) in [6.07, 6.45) is 3.15. The van der Waals surface area contributed by atoms with Gasteiger partial charge in [0.25, 0.3) is 0 Å². The second kappa shape index (κ2) is 12.0. The summed E-state index contributed by atoms with van der Waals surface area (Å²) in [6, 6.07) is 18.6. The van der Waals surface area contributed by atoms with Crippen LogP contribution in [0.4, 0.5) is 0 Å². The highest BCUT2D eigenvalue weighted by molar-refractivity contribution is 6.77. The zero-order chi connectivity index (χ0) is 25.6. The van der Waals surface area contributed by atoms with Gasteiger partial charge in [-0.2, -0.15) is 0 Å². The van der Waals surface area contributed by atoms with Crippen LogP contribution >= 0.6 is 0 Å². The van der Waals surface area contributed by atoms with E-state index in [2.05, 4.69) is 47.5 Å². The zero-order valence-corrected chi connectivity index (χ0v) is 22.6. The first-order valence-corrected chi connectivity index (χ1v) is 14.6. The summed E-state index contributed by atoms with van der Waals surface area (Å²) < 4.78 is 25.2. The van der Waals surface area contributed by atoms with Crippen molar-refractivity contribution in [2.45, 2.75) is 82.8 Å². The Morgan fingerprint density at radius 3 is 1.97 bits per heavy atom. The first-order chi connectivity index (χ1) is 16.7. The molecule has 2 unspecified atom stereocenters. The van der Waals surface area contributed by atoms with Crippen molar-refractivity contribution in [2.24, 2.45) is 0 Å². The Labute approximate surface area is 211 Å². The van der Waals surface area contributed by atoms with Gasteiger partial charge in [-0.25, -0.2) is 4.79 Å². The second-order valence-corrected chi connectivity index (χ2v) is 15.5. The Kier molecular flexibility index (Phi) is 9.32. The lowest BCUT2D eigenvalue weighted by Gasteiger charge is -2.43. The smallest absolute Gasteiger partial charge is 0.338 e.